The number of hydrogen-bond acceptors (Lipinski definition) is 4. The monoisotopic (exact) mass is 387 g/mol. The first kappa shape index (κ1) is 22.9. The lowest BCUT2D eigenvalue weighted by atomic mass is 9.71. The molecule has 0 spiro atoms. The van der Waals surface area contributed by atoms with E-state index < -0.39 is 52.4 Å². The molecule has 1 atom stereocenters. The molecule has 3 amide bonds. The molecular weight excluding hydrogens is 357 g/mol. The first-order chi connectivity index (χ1) is 12.0. The van der Waals surface area contributed by atoms with Gasteiger partial charge in [-0.25, -0.2) is 9.18 Å². The highest BCUT2D eigenvalue weighted by atomic mass is 19.1. The number of nitrogens with two attached hydrogens (primary N) is 1. The van der Waals surface area contributed by atoms with Gasteiger partial charge in [-0.1, -0.05) is 20.8 Å². The number of amides is 3. The standard InChI is InChI=1S/C18H30FN3O5/c1-16(2,3)9-11(22(15(26)27)17(4,5)6)14(25)21-18(7-10(19)8-18)12(23)13(20)24/h10-11H,7-9H2,1-6H3,(H2,20,24)(H,21,25)(H,26,27)/t10?,11-,18?/m0/s1. The second-order valence-electron chi connectivity index (χ2n) is 9.37. The first-order valence-electron chi connectivity index (χ1n) is 8.83. The fourth-order valence-corrected chi connectivity index (χ4v) is 3.36. The zero-order valence-electron chi connectivity index (χ0n) is 16.8. The van der Waals surface area contributed by atoms with Gasteiger partial charge in [0.2, 0.25) is 11.7 Å². The van der Waals surface area contributed by atoms with Crippen LogP contribution in [0.5, 0.6) is 0 Å². The zero-order chi connectivity index (χ0) is 21.4. The summed E-state index contributed by atoms with van der Waals surface area (Å²) in [5.74, 6) is -3.08. The molecule has 0 unspecified atom stereocenters. The average molecular weight is 387 g/mol. The lowest BCUT2D eigenvalue weighted by molar-refractivity contribution is -0.148. The van der Waals surface area contributed by atoms with Crippen molar-refractivity contribution in [3.05, 3.63) is 0 Å². The molecule has 0 aromatic heterocycles. The molecule has 1 aliphatic carbocycles. The summed E-state index contributed by atoms with van der Waals surface area (Å²) in [7, 11) is 0. The predicted octanol–water partition coefficient (Wildman–Crippen LogP) is 1.61. The lowest BCUT2D eigenvalue weighted by Crippen LogP contribution is -2.69. The summed E-state index contributed by atoms with van der Waals surface area (Å²) in [6.07, 6.45) is -3.18. The van der Waals surface area contributed by atoms with E-state index in [0.29, 0.717) is 0 Å². The molecule has 0 aromatic rings. The smallest absolute Gasteiger partial charge is 0.408 e. The van der Waals surface area contributed by atoms with Gasteiger partial charge in [-0.2, -0.15) is 0 Å². The van der Waals surface area contributed by atoms with Crippen LogP contribution < -0.4 is 11.1 Å². The van der Waals surface area contributed by atoms with E-state index in [4.69, 9.17) is 5.73 Å². The molecule has 0 bridgehead atoms. The van der Waals surface area contributed by atoms with Crippen LogP contribution >= 0.6 is 0 Å². The van der Waals surface area contributed by atoms with Gasteiger partial charge in [0.1, 0.15) is 17.8 Å². The molecule has 0 heterocycles. The van der Waals surface area contributed by atoms with Gasteiger partial charge in [-0.15, -0.1) is 0 Å². The van der Waals surface area contributed by atoms with E-state index >= 15 is 0 Å². The summed E-state index contributed by atoms with van der Waals surface area (Å²) in [4.78, 5) is 49.4. The van der Waals surface area contributed by atoms with Gasteiger partial charge in [-0.3, -0.25) is 19.3 Å². The van der Waals surface area contributed by atoms with E-state index in [0.717, 1.165) is 4.90 Å². The third kappa shape index (κ3) is 5.40. The molecule has 0 radical (unpaired) electrons. The molecule has 27 heavy (non-hydrogen) atoms. The molecule has 0 saturated heterocycles. The highest BCUT2D eigenvalue weighted by Gasteiger charge is 2.54. The third-order valence-corrected chi connectivity index (χ3v) is 4.51. The average Bonchev–Trinajstić information content (AvgIpc) is 2.39. The molecule has 1 fully saturated rings. The van der Waals surface area contributed by atoms with Crippen molar-refractivity contribution in [2.45, 2.75) is 84.1 Å². The number of carboxylic acid groups (broad SMARTS) is 1. The number of halogens is 1. The van der Waals surface area contributed by atoms with Crippen LogP contribution in [0.3, 0.4) is 0 Å². The van der Waals surface area contributed by atoms with E-state index in [9.17, 15) is 28.7 Å². The molecule has 8 nitrogen and oxygen atoms in total. The van der Waals surface area contributed by atoms with Crippen LogP contribution in [0.15, 0.2) is 0 Å². The van der Waals surface area contributed by atoms with Crippen molar-refractivity contribution in [1.29, 1.82) is 0 Å². The maximum absolute atomic E-state index is 13.5. The van der Waals surface area contributed by atoms with Gasteiger partial charge in [0, 0.05) is 18.4 Å². The number of primary amides is 1. The Hall–Kier alpha value is -2.19. The number of nitrogens with zero attached hydrogens (tertiary/aromatic N) is 1. The number of ketones is 1. The molecule has 9 heteroatoms. The molecule has 4 N–H and O–H groups in total. The Kier molecular flexibility index (Phi) is 6.30. The van der Waals surface area contributed by atoms with Gasteiger partial charge in [0.05, 0.1) is 0 Å². The third-order valence-electron chi connectivity index (χ3n) is 4.51. The fraction of sp³-hybridized carbons (Fsp3) is 0.778. The minimum Gasteiger partial charge on any atom is -0.465 e. The highest BCUT2D eigenvalue weighted by molar-refractivity contribution is 6.39. The minimum atomic E-state index is -1.71. The summed E-state index contributed by atoms with van der Waals surface area (Å²) >= 11 is 0. The van der Waals surface area contributed by atoms with Crippen LogP contribution in [0, 0.1) is 5.41 Å². The van der Waals surface area contributed by atoms with Crippen LogP contribution in [-0.2, 0) is 14.4 Å². The molecule has 1 rings (SSSR count). The van der Waals surface area contributed by atoms with E-state index in [-0.39, 0.29) is 19.3 Å². The first-order valence-corrected chi connectivity index (χ1v) is 8.83. The second-order valence-corrected chi connectivity index (χ2v) is 9.37. The van der Waals surface area contributed by atoms with Crippen molar-refractivity contribution >= 4 is 23.7 Å². The van der Waals surface area contributed by atoms with Crippen LogP contribution in [0.1, 0.15) is 60.8 Å². The van der Waals surface area contributed by atoms with E-state index in [1.165, 1.54) is 0 Å². The zero-order valence-corrected chi connectivity index (χ0v) is 16.8. The van der Waals surface area contributed by atoms with Gasteiger partial charge < -0.3 is 16.2 Å². The van der Waals surface area contributed by atoms with Crippen molar-refractivity contribution in [3.63, 3.8) is 0 Å². The second kappa shape index (κ2) is 7.44. The number of carbonyl (C=O) groups is 4. The van der Waals surface area contributed by atoms with Gasteiger partial charge in [-0.05, 0) is 32.6 Å². The van der Waals surface area contributed by atoms with Crippen molar-refractivity contribution in [1.82, 2.24) is 10.2 Å². The number of carbonyl (C=O) groups excluding carboxylic acids is 3. The molecular formula is C18H30FN3O5. The Morgan fingerprint density at radius 3 is 1.96 bits per heavy atom. The molecule has 1 aliphatic rings. The van der Waals surface area contributed by atoms with E-state index in [1.54, 1.807) is 20.8 Å². The normalized spacial score (nSPS) is 23.7. The summed E-state index contributed by atoms with van der Waals surface area (Å²) in [6.45, 7) is 10.5. The Labute approximate surface area is 158 Å². The van der Waals surface area contributed by atoms with Crippen molar-refractivity contribution in [2.75, 3.05) is 0 Å². The molecule has 154 valence electrons. The predicted molar refractivity (Wildman–Crippen MR) is 96.7 cm³/mol. The van der Waals surface area contributed by atoms with Gasteiger partial charge in [0.25, 0.3) is 5.91 Å². The minimum absolute atomic E-state index is 0.169. The van der Waals surface area contributed by atoms with Crippen LogP contribution in [-0.4, -0.2) is 57.0 Å². The van der Waals surface area contributed by atoms with Crippen molar-refractivity contribution in [2.24, 2.45) is 11.1 Å². The number of hydrogen-bond donors (Lipinski definition) is 3. The summed E-state index contributed by atoms with van der Waals surface area (Å²) in [5, 5.41) is 12.1. The van der Waals surface area contributed by atoms with Gasteiger partial charge >= 0.3 is 6.09 Å². The molecule has 0 aliphatic heterocycles. The van der Waals surface area contributed by atoms with Gasteiger partial charge in [0.15, 0.2) is 0 Å². The number of nitrogens with one attached hydrogen (secondary N) is 1. The van der Waals surface area contributed by atoms with Crippen LogP contribution in [0.2, 0.25) is 0 Å². The number of rotatable bonds is 6. The van der Waals surface area contributed by atoms with E-state index in [2.05, 4.69) is 5.32 Å². The summed E-state index contributed by atoms with van der Waals surface area (Å²) in [6, 6.07) is -1.13. The van der Waals surface area contributed by atoms with Crippen LogP contribution in [0.25, 0.3) is 0 Å². The van der Waals surface area contributed by atoms with Crippen molar-refractivity contribution in [3.8, 4) is 0 Å². The SMILES string of the molecule is CC(C)(C)C[C@@H](C(=O)NC1(C(=O)C(N)=O)CC(F)C1)N(C(=O)O)C(C)(C)C. The Balaban J connectivity index is 3.25. The largest absolute Gasteiger partial charge is 0.465 e. The molecule has 1 saturated carbocycles. The summed E-state index contributed by atoms with van der Waals surface area (Å²) in [5.41, 5.74) is 2.02. The maximum atomic E-state index is 13.5. The quantitative estimate of drug-likeness (QED) is 0.596. The Bertz CT molecular complexity index is 630. The number of alkyl halides is 1. The summed E-state index contributed by atoms with van der Waals surface area (Å²) < 4.78 is 13.5. The van der Waals surface area contributed by atoms with Crippen LogP contribution in [0.4, 0.5) is 9.18 Å². The molecule has 0 aromatic carbocycles. The topological polar surface area (TPSA) is 130 Å². The fourth-order valence-electron chi connectivity index (χ4n) is 3.36. The Morgan fingerprint density at radius 1 is 1.19 bits per heavy atom. The Morgan fingerprint density at radius 2 is 1.67 bits per heavy atom. The van der Waals surface area contributed by atoms with Crippen molar-refractivity contribution < 1.29 is 28.7 Å². The maximum Gasteiger partial charge on any atom is 0.408 e. The number of Topliss-reactive ketones (excluding diaryl/α,β-unsaturated/α-hetero) is 1. The van der Waals surface area contributed by atoms with E-state index in [1.807, 2.05) is 20.8 Å². The lowest BCUT2D eigenvalue weighted by Gasteiger charge is -2.46. The highest BCUT2D eigenvalue weighted by Crippen LogP contribution is 2.37.